The van der Waals surface area contributed by atoms with Crippen molar-refractivity contribution in [3.05, 3.63) is 82.7 Å². The topological polar surface area (TPSA) is 84.7 Å². The zero-order valence-corrected chi connectivity index (χ0v) is 16.0. The molecule has 0 fully saturated rings. The van der Waals surface area contributed by atoms with Gasteiger partial charge in [-0.2, -0.15) is 5.10 Å². The van der Waals surface area contributed by atoms with Crippen LogP contribution in [0.2, 0.25) is 0 Å². The van der Waals surface area contributed by atoms with Gasteiger partial charge in [-0.05, 0) is 24.6 Å². The van der Waals surface area contributed by atoms with Crippen LogP contribution in [0.15, 0.2) is 54.6 Å². The number of amides is 1. The molecule has 2 heterocycles. The SMILES string of the molecule is Cc1ccc(-n2nc(C(=O)O)c3c2CCN(C(=O)OCc2ccccc2)C3)cc1. The van der Waals surface area contributed by atoms with E-state index in [9.17, 15) is 14.7 Å². The zero-order valence-electron chi connectivity index (χ0n) is 16.0. The van der Waals surface area contributed by atoms with Crippen LogP contribution < -0.4 is 0 Å². The molecule has 2 aromatic carbocycles. The summed E-state index contributed by atoms with van der Waals surface area (Å²) in [7, 11) is 0. The van der Waals surface area contributed by atoms with E-state index in [4.69, 9.17) is 4.74 Å². The first-order valence-electron chi connectivity index (χ1n) is 9.39. The summed E-state index contributed by atoms with van der Waals surface area (Å²) in [5.41, 5.74) is 4.16. The number of carbonyl (C=O) groups is 2. The maximum absolute atomic E-state index is 12.5. The van der Waals surface area contributed by atoms with Crippen LogP contribution in [0.3, 0.4) is 0 Å². The Kier molecular flexibility index (Phi) is 5.03. The van der Waals surface area contributed by atoms with Gasteiger partial charge in [0.1, 0.15) is 6.61 Å². The fourth-order valence-electron chi connectivity index (χ4n) is 3.46. The second-order valence-electron chi connectivity index (χ2n) is 7.04. The molecule has 0 spiro atoms. The van der Waals surface area contributed by atoms with Crippen molar-refractivity contribution in [2.24, 2.45) is 0 Å². The van der Waals surface area contributed by atoms with Gasteiger partial charge in [-0.3, -0.25) is 0 Å². The van der Waals surface area contributed by atoms with Crippen molar-refractivity contribution >= 4 is 12.1 Å². The number of nitrogens with zero attached hydrogens (tertiary/aromatic N) is 3. The molecule has 1 N–H and O–H groups in total. The number of aromatic carboxylic acids is 1. The van der Waals surface area contributed by atoms with Crippen LogP contribution >= 0.6 is 0 Å². The second kappa shape index (κ2) is 7.79. The first-order chi connectivity index (χ1) is 14.0. The van der Waals surface area contributed by atoms with Gasteiger partial charge in [0.15, 0.2) is 5.69 Å². The Balaban J connectivity index is 1.56. The van der Waals surface area contributed by atoms with Gasteiger partial charge in [0.05, 0.1) is 17.9 Å². The smallest absolute Gasteiger partial charge is 0.410 e. The Morgan fingerprint density at radius 1 is 1.10 bits per heavy atom. The quantitative estimate of drug-likeness (QED) is 0.735. The van der Waals surface area contributed by atoms with Crippen LogP contribution in [0.25, 0.3) is 5.69 Å². The molecule has 7 nitrogen and oxygen atoms in total. The highest BCUT2D eigenvalue weighted by molar-refractivity contribution is 5.88. The van der Waals surface area contributed by atoms with E-state index in [0.29, 0.717) is 18.5 Å². The molecule has 4 rings (SSSR count). The zero-order chi connectivity index (χ0) is 20.4. The van der Waals surface area contributed by atoms with E-state index in [2.05, 4.69) is 5.10 Å². The minimum atomic E-state index is -1.10. The van der Waals surface area contributed by atoms with Crippen LogP contribution in [-0.4, -0.2) is 38.4 Å². The molecule has 29 heavy (non-hydrogen) atoms. The van der Waals surface area contributed by atoms with Crippen LogP contribution in [0.4, 0.5) is 4.79 Å². The summed E-state index contributed by atoms with van der Waals surface area (Å²) in [6, 6.07) is 17.2. The summed E-state index contributed by atoms with van der Waals surface area (Å²) >= 11 is 0. The molecule has 1 amide bonds. The summed E-state index contributed by atoms with van der Waals surface area (Å²) < 4.78 is 7.07. The molecule has 1 aliphatic heterocycles. The van der Waals surface area contributed by atoms with Gasteiger partial charge in [0.25, 0.3) is 0 Å². The Hall–Kier alpha value is -3.61. The average Bonchev–Trinajstić information content (AvgIpc) is 3.12. The van der Waals surface area contributed by atoms with Gasteiger partial charge < -0.3 is 14.7 Å². The minimum absolute atomic E-state index is 0.0267. The lowest BCUT2D eigenvalue weighted by Crippen LogP contribution is -2.37. The molecular weight excluding hydrogens is 370 g/mol. The number of aryl methyl sites for hydroxylation is 1. The molecule has 0 bridgehead atoms. The number of ether oxygens (including phenoxy) is 1. The molecule has 3 aromatic rings. The van der Waals surface area contributed by atoms with Gasteiger partial charge in [-0.15, -0.1) is 0 Å². The van der Waals surface area contributed by atoms with E-state index in [0.717, 1.165) is 22.5 Å². The van der Waals surface area contributed by atoms with E-state index in [1.807, 2.05) is 61.5 Å². The monoisotopic (exact) mass is 391 g/mol. The maximum Gasteiger partial charge on any atom is 0.410 e. The van der Waals surface area contributed by atoms with Crippen LogP contribution in [-0.2, 0) is 24.3 Å². The van der Waals surface area contributed by atoms with Crippen LogP contribution in [0.5, 0.6) is 0 Å². The van der Waals surface area contributed by atoms with Crippen LogP contribution in [0.1, 0.15) is 32.9 Å². The largest absolute Gasteiger partial charge is 0.476 e. The molecule has 7 heteroatoms. The molecule has 0 aliphatic carbocycles. The molecule has 148 valence electrons. The Bertz CT molecular complexity index is 1040. The van der Waals surface area contributed by atoms with Crippen molar-refractivity contribution in [1.82, 2.24) is 14.7 Å². The summed E-state index contributed by atoms with van der Waals surface area (Å²) in [5, 5.41) is 13.9. The van der Waals surface area contributed by atoms with Crippen LogP contribution in [0, 0.1) is 6.92 Å². The van der Waals surface area contributed by atoms with Crippen molar-refractivity contribution in [1.29, 1.82) is 0 Å². The van der Waals surface area contributed by atoms with Gasteiger partial charge >= 0.3 is 12.1 Å². The molecule has 1 aliphatic rings. The molecule has 0 unspecified atom stereocenters. The fourth-order valence-corrected chi connectivity index (χ4v) is 3.46. The van der Waals surface area contributed by atoms with E-state index < -0.39 is 12.1 Å². The van der Waals surface area contributed by atoms with E-state index in [1.54, 1.807) is 4.68 Å². The predicted octanol–water partition coefficient (Wildman–Crippen LogP) is 3.57. The highest BCUT2D eigenvalue weighted by Crippen LogP contribution is 2.26. The first-order valence-corrected chi connectivity index (χ1v) is 9.39. The number of rotatable bonds is 4. The standard InChI is InChI=1S/C22H21N3O4/c1-15-7-9-17(10-8-15)25-19-11-12-24(13-18(19)20(23-25)21(26)27)22(28)29-14-16-5-3-2-4-6-16/h2-10H,11-14H2,1H3,(H,26,27). The molecule has 0 radical (unpaired) electrons. The van der Waals surface area contributed by atoms with Crippen molar-refractivity contribution in [2.45, 2.75) is 26.5 Å². The molecule has 0 saturated heterocycles. The Labute approximate surface area is 168 Å². The second-order valence-corrected chi connectivity index (χ2v) is 7.04. The summed E-state index contributed by atoms with van der Waals surface area (Å²) in [6.07, 6.45) is 0.0446. The van der Waals surface area contributed by atoms with Gasteiger partial charge in [0, 0.05) is 18.5 Å². The van der Waals surface area contributed by atoms with E-state index >= 15 is 0 Å². The number of hydrogen-bond acceptors (Lipinski definition) is 4. The van der Waals surface area contributed by atoms with Crippen molar-refractivity contribution in [2.75, 3.05) is 6.54 Å². The summed E-state index contributed by atoms with van der Waals surface area (Å²) in [5.74, 6) is -1.10. The number of hydrogen-bond donors (Lipinski definition) is 1. The lowest BCUT2D eigenvalue weighted by atomic mass is 10.1. The van der Waals surface area contributed by atoms with Crippen molar-refractivity contribution < 1.29 is 19.4 Å². The first kappa shape index (κ1) is 18.7. The van der Waals surface area contributed by atoms with Crippen molar-refractivity contribution in [3.8, 4) is 5.69 Å². The number of carboxylic acids is 1. The highest BCUT2D eigenvalue weighted by Gasteiger charge is 2.31. The predicted molar refractivity (Wildman–Crippen MR) is 106 cm³/mol. The lowest BCUT2D eigenvalue weighted by Gasteiger charge is -2.27. The molecule has 0 atom stereocenters. The molecule has 1 aromatic heterocycles. The van der Waals surface area contributed by atoms with E-state index in [1.165, 1.54) is 4.90 Å². The lowest BCUT2D eigenvalue weighted by molar-refractivity contribution is 0.0682. The van der Waals surface area contributed by atoms with Crippen molar-refractivity contribution in [3.63, 3.8) is 0 Å². The number of aromatic nitrogens is 2. The summed E-state index contributed by atoms with van der Waals surface area (Å²) in [6.45, 7) is 2.77. The minimum Gasteiger partial charge on any atom is -0.476 e. The normalized spacial score (nSPS) is 13.1. The van der Waals surface area contributed by atoms with E-state index in [-0.39, 0.29) is 18.8 Å². The number of fused-ring (bicyclic) bond motifs is 1. The third-order valence-corrected chi connectivity index (χ3v) is 5.00. The Morgan fingerprint density at radius 3 is 2.52 bits per heavy atom. The third-order valence-electron chi connectivity index (χ3n) is 5.00. The average molecular weight is 391 g/mol. The number of benzene rings is 2. The number of carboxylic acid groups (broad SMARTS) is 1. The fraction of sp³-hybridized carbons (Fsp3) is 0.227. The van der Waals surface area contributed by atoms with Gasteiger partial charge in [-0.25, -0.2) is 14.3 Å². The molecule has 0 saturated carbocycles. The Morgan fingerprint density at radius 2 is 1.83 bits per heavy atom. The summed E-state index contributed by atoms with van der Waals surface area (Å²) in [4.78, 5) is 25.8. The maximum atomic E-state index is 12.5. The van der Waals surface area contributed by atoms with Gasteiger partial charge in [0.2, 0.25) is 0 Å². The highest BCUT2D eigenvalue weighted by atomic mass is 16.6. The third kappa shape index (κ3) is 3.85. The van der Waals surface area contributed by atoms with Gasteiger partial charge in [-0.1, -0.05) is 48.0 Å². The molecular formula is C22H21N3O4. The number of carbonyl (C=O) groups excluding carboxylic acids is 1.